The van der Waals surface area contributed by atoms with Crippen LogP contribution in [0.1, 0.15) is 44.1 Å². The molecule has 4 heteroatoms. The van der Waals surface area contributed by atoms with Gasteiger partial charge in [0, 0.05) is 35.5 Å². The Labute approximate surface area is 149 Å². The molecule has 130 valence electrons. The molecule has 0 unspecified atom stereocenters. The Kier molecular flexibility index (Phi) is 4.86. The van der Waals surface area contributed by atoms with Crippen molar-refractivity contribution < 1.29 is 4.79 Å². The van der Waals surface area contributed by atoms with Gasteiger partial charge in [0.1, 0.15) is 0 Å². The maximum atomic E-state index is 12.5. The molecule has 0 spiro atoms. The van der Waals surface area contributed by atoms with Crippen LogP contribution in [-0.2, 0) is 10.2 Å². The van der Waals surface area contributed by atoms with E-state index in [4.69, 9.17) is 0 Å². The highest BCUT2D eigenvalue weighted by Crippen LogP contribution is 2.47. The minimum Gasteiger partial charge on any atom is -0.354 e. The van der Waals surface area contributed by atoms with E-state index in [1.807, 2.05) is 0 Å². The fraction of sp³-hybridized carbons (Fsp3) is 0.650. The molecule has 1 aromatic carbocycles. The molecule has 1 heterocycles. The summed E-state index contributed by atoms with van der Waals surface area (Å²) >= 11 is 2.13. The van der Waals surface area contributed by atoms with Gasteiger partial charge in [-0.15, -0.1) is 0 Å². The zero-order valence-electron chi connectivity index (χ0n) is 14.4. The second kappa shape index (κ2) is 7.09. The molecule has 1 saturated heterocycles. The van der Waals surface area contributed by atoms with Crippen LogP contribution in [0.2, 0.25) is 0 Å². The normalized spacial score (nSPS) is 28.8. The summed E-state index contributed by atoms with van der Waals surface area (Å²) in [6.45, 7) is 2.46. The highest BCUT2D eigenvalue weighted by molar-refractivity contribution is 8.00. The van der Waals surface area contributed by atoms with Crippen molar-refractivity contribution in [3.05, 3.63) is 35.9 Å². The fourth-order valence-electron chi connectivity index (χ4n) is 4.39. The van der Waals surface area contributed by atoms with Crippen LogP contribution < -0.4 is 5.32 Å². The summed E-state index contributed by atoms with van der Waals surface area (Å²) in [4.78, 5) is 15.0. The summed E-state index contributed by atoms with van der Waals surface area (Å²) in [6.07, 6.45) is 7.71. The molecule has 3 nitrogen and oxygen atoms in total. The third-order valence-electron chi connectivity index (χ3n) is 6.06. The number of hydrogen-bond acceptors (Lipinski definition) is 3. The predicted molar refractivity (Wildman–Crippen MR) is 100 cm³/mol. The van der Waals surface area contributed by atoms with Crippen molar-refractivity contribution in [2.45, 2.75) is 55.2 Å². The number of amides is 1. The number of carbonyl (C=O) groups is 1. The van der Waals surface area contributed by atoms with Gasteiger partial charge in [0.05, 0.1) is 6.54 Å². The summed E-state index contributed by atoms with van der Waals surface area (Å²) in [6, 6.07) is 11.3. The van der Waals surface area contributed by atoms with E-state index in [1.54, 1.807) is 0 Å². The van der Waals surface area contributed by atoms with Crippen LogP contribution in [0.4, 0.5) is 0 Å². The molecule has 0 radical (unpaired) electrons. The van der Waals surface area contributed by atoms with Crippen molar-refractivity contribution in [2.24, 2.45) is 0 Å². The van der Waals surface area contributed by atoms with Crippen LogP contribution in [0.15, 0.2) is 30.3 Å². The van der Waals surface area contributed by atoms with Crippen molar-refractivity contribution >= 4 is 17.7 Å². The molecule has 2 saturated carbocycles. The molecule has 0 bridgehead atoms. The number of fused-ring (bicyclic) bond motifs is 1. The molecule has 2 atom stereocenters. The van der Waals surface area contributed by atoms with Crippen molar-refractivity contribution in [1.29, 1.82) is 0 Å². The third-order valence-corrected chi connectivity index (χ3v) is 7.45. The number of nitrogens with one attached hydrogen (secondary N) is 1. The van der Waals surface area contributed by atoms with Gasteiger partial charge >= 0.3 is 0 Å². The summed E-state index contributed by atoms with van der Waals surface area (Å²) in [5, 5.41) is 4.00. The van der Waals surface area contributed by atoms with Gasteiger partial charge in [-0.25, -0.2) is 0 Å². The van der Waals surface area contributed by atoms with E-state index >= 15 is 0 Å². The van der Waals surface area contributed by atoms with Crippen molar-refractivity contribution in [1.82, 2.24) is 10.2 Å². The van der Waals surface area contributed by atoms with Crippen LogP contribution in [0.5, 0.6) is 0 Å². The fourth-order valence-corrected chi connectivity index (χ4v) is 5.90. The molecule has 0 aromatic heterocycles. The van der Waals surface area contributed by atoms with E-state index in [0.29, 0.717) is 12.6 Å². The van der Waals surface area contributed by atoms with Crippen molar-refractivity contribution in [2.75, 3.05) is 25.4 Å². The Morgan fingerprint density at radius 2 is 2.00 bits per heavy atom. The Bertz CT molecular complexity index is 570. The van der Waals surface area contributed by atoms with Crippen LogP contribution in [-0.4, -0.2) is 47.5 Å². The first kappa shape index (κ1) is 16.5. The van der Waals surface area contributed by atoms with Gasteiger partial charge in [0.25, 0.3) is 0 Å². The van der Waals surface area contributed by atoms with Crippen molar-refractivity contribution in [3.8, 4) is 0 Å². The Balaban J connectivity index is 1.31. The standard InChI is InChI=1S/C20H28N2OS/c23-19(14-22-12-13-24-18-9-5-4-8-17(18)22)21-15-20(10-11-20)16-6-2-1-3-7-16/h1-3,6-7,17-18H,4-5,8-15H2,(H,21,23)/t17-,18+/m1/s1. The van der Waals surface area contributed by atoms with Gasteiger partial charge in [-0.1, -0.05) is 43.2 Å². The Morgan fingerprint density at radius 1 is 1.21 bits per heavy atom. The second-order valence-corrected chi connectivity index (χ2v) is 9.00. The molecule has 4 rings (SSSR count). The SMILES string of the molecule is O=C(CN1CCS[C@H]2CCCC[C@H]21)NCC1(c2ccccc2)CC1. The lowest BCUT2D eigenvalue weighted by atomic mass is 9.93. The van der Waals surface area contributed by atoms with Crippen LogP contribution in [0, 0.1) is 0 Å². The molecule has 1 amide bonds. The highest BCUT2D eigenvalue weighted by Gasteiger charge is 2.44. The zero-order valence-corrected chi connectivity index (χ0v) is 15.2. The Hall–Kier alpha value is -1.00. The monoisotopic (exact) mass is 344 g/mol. The van der Waals surface area contributed by atoms with Crippen LogP contribution in [0.3, 0.4) is 0 Å². The number of rotatable bonds is 5. The van der Waals surface area contributed by atoms with Crippen LogP contribution in [0.25, 0.3) is 0 Å². The van der Waals surface area contributed by atoms with Gasteiger partial charge in [-0.05, 0) is 31.2 Å². The maximum absolute atomic E-state index is 12.5. The topological polar surface area (TPSA) is 32.3 Å². The van der Waals surface area contributed by atoms with E-state index in [1.165, 1.54) is 49.8 Å². The number of nitrogens with zero attached hydrogens (tertiary/aromatic N) is 1. The lowest BCUT2D eigenvalue weighted by Gasteiger charge is -2.43. The number of thioether (sulfide) groups is 1. The van der Waals surface area contributed by atoms with Crippen LogP contribution >= 0.6 is 11.8 Å². The molecule has 1 N–H and O–H groups in total. The highest BCUT2D eigenvalue weighted by atomic mass is 32.2. The second-order valence-electron chi connectivity index (χ2n) is 7.65. The minimum absolute atomic E-state index is 0.210. The molecular formula is C20H28N2OS. The molecular weight excluding hydrogens is 316 g/mol. The van der Waals surface area contributed by atoms with Crippen molar-refractivity contribution in [3.63, 3.8) is 0 Å². The molecule has 1 aromatic rings. The largest absolute Gasteiger partial charge is 0.354 e. The summed E-state index contributed by atoms with van der Waals surface area (Å²) in [5.74, 6) is 1.40. The quantitative estimate of drug-likeness (QED) is 0.890. The zero-order chi connectivity index (χ0) is 16.4. The first-order valence-electron chi connectivity index (χ1n) is 9.45. The van der Waals surface area contributed by atoms with E-state index in [-0.39, 0.29) is 11.3 Å². The third kappa shape index (κ3) is 3.50. The smallest absolute Gasteiger partial charge is 0.234 e. The van der Waals surface area contributed by atoms with E-state index < -0.39 is 0 Å². The lowest BCUT2D eigenvalue weighted by molar-refractivity contribution is -0.123. The minimum atomic E-state index is 0.210. The Morgan fingerprint density at radius 3 is 2.79 bits per heavy atom. The van der Waals surface area contributed by atoms with E-state index in [2.05, 4.69) is 52.3 Å². The molecule has 24 heavy (non-hydrogen) atoms. The number of carbonyl (C=O) groups excluding carboxylic acids is 1. The summed E-state index contributed by atoms with van der Waals surface area (Å²) in [5.41, 5.74) is 1.59. The predicted octanol–water partition coefficient (Wildman–Crippen LogP) is 3.19. The first-order chi connectivity index (χ1) is 11.8. The molecule has 3 aliphatic rings. The lowest BCUT2D eigenvalue weighted by Crippen LogP contribution is -2.52. The van der Waals surface area contributed by atoms with Gasteiger partial charge in [0.2, 0.25) is 5.91 Å². The van der Waals surface area contributed by atoms with E-state index in [0.717, 1.165) is 18.3 Å². The molecule has 3 fully saturated rings. The molecule has 2 aliphatic carbocycles. The van der Waals surface area contributed by atoms with Gasteiger partial charge in [0.15, 0.2) is 0 Å². The maximum Gasteiger partial charge on any atom is 0.234 e. The van der Waals surface area contributed by atoms with E-state index in [9.17, 15) is 4.79 Å². The van der Waals surface area contributed by atoms with Gasteiger partial charge in [-0.2, -0.15) is 11.8 Å². The average Bonchev–Trinajstić information content (AvgIpc) is 3.42. The summed E-state index contributed by atoms with van der Waals surface area (Å²) < 4.78 is 0. The first-order valence-corrected chi connectivity index (χ1v) is 10.5. The van der Waals surface area contributed by atoms with Gasteiger partial charge in [-0.3, -0.25) is 9.69 Å². The summed E-state index contributed by atoms with van der Waals surface area (Å²) in [7, 11) is 0. The average molecular weight is 345 g/mol. The number of hydrogen-bond donors (Lipinski definition) is 1. The molecule has 1 aliphatic heterocycles. The number of benzene rings is 1. The van der Waals surface area contributed by atoms with Gasteiger partial charge < -0.3 is 5.32 Å².